The van der Waals surface area contributed by atoms with Crippen LogP contribution in [0.2, 0.25) is 0 Å². The Morgan fingerprint density at radius 1 is 1.10 bits per heavy atom. The van der Waals surface area contributed by atoms with E-state index in [1.807, 2.05) is 0 Å². The highest BCUT2D eigenvalue weighted by Gasteiger charge is 2.40. The number of para-hydroxylation sites is 2. The summed E-state index contributed by atoms with van der Waals surface area (Å²) >= 11 is 5.73. The van der Waals surface area contributed by atoms with Crippen molar-refractivity contribution >= 4 is 34.2 Å². The predicted octanol–water partition coefficient (Wildman–Crippen LogP) is 5.63. The summed E-state index contributed by atoms with van der Waals surface area (Å²) < 4.78 is 55.8. The van der Waals surface area contributed by atoms with Crippen molar-refractivity contribution in [3.63, 3.8) is 0 Å². The summed E-state index contributed by atoms with van der Waals surface area (Å²) in [7, 11) is 0. The van der Waals surface area contributed by atoms with E-state index in [9.17, 15) is 22.4 Å². The van der Waals surface area contributed by atoms with Gasteiger partial charge in [0.05, 0.1) is 11.0 Å². The lowest BCUT2D eigenvalue weighted by atomic mass is 9.97. The van der Waals surface area contributed by atoms with Gasteiger partial charge in [-0.2, -0.15) is 13.2 Å². The van der Waals surface area contributed by atoms with Gasteiger partial charge in [-0.1, -0.05) is 42.0 Å². The third kappa shape index (κ3) is 3.70. The lowest BCUT2D eigenvalue weighted by Gasteiger charge is -2.24. The van der Waals surface area contributed by atoms with Crippen LogP contribution in [0.25, 0.3) is 16.7 Å². The average molecular weight is 436 g/mol. The normalized spacial score (nSPS) is 21.2. The Morgan fingerprint density at radius 2 is 1.80 bits per heavy atom. The zero-order valence-corrected chi connectivity index (χ0v) is 16.0. The molecule has 1 amide bonds. The largest absolute Gasteiger partial charge is 0.450 e. The third-order valence-electron chi connectivity index (χ3n) is 4.64. The van der Waals surface area contributed by atoms with Gasteiger partial charge in [0, 0.05) is 11.4 Å². The van der Waals surface area contributed by atoms with Gasteiger partial charge in [0.2, 0.25) is 16.9 Å². The number of hydrogen-bond donors (Lipinski definition) is 1. The van der Waals surface area contributed by atoms with E-state index in [4.69, 9.17) is 11.6 Å². The van der Waals surface area contributed by atoms with Crippen LogP contribution < -0.4 is 5.32 Å². The van der Waals surface area contributed by atoms with Crippen LogP contribution in [0.3, 0.4) is 0 Å². The fourth-order valence-electron chi connectivity index (χ4n) is 3.24. The number of halogens is 5. The van der Waals surface area contributed by atoms with E-state index in [0.29, 0.717) is 5.52 Å². The van der Waals surface area contributed by atoms with Crippen LogP contribution >= 0.6 is 11.6 Å². The topological polar surface area (TPSA) is 46.9 Å². The molecule has 0 spiro atoms. The summed E-state index contributed by atoms with van der Waals surface area (Å²) in [6.07, 6.45) is 0.668. The molecule has 0 bridgehead atoms. The number of rotatable bonds is 3. The minimum Gasteiger partial charge on any atom is -0.325 e. The van der Waals surface area contributed by atoms with Gasteiger partial charge in [-0.25, -0.2) is 9.37 Å². The van der Waals surface area contributed by atoms with Crippen molar-refractivity contribution in [1.82, 2.24) is 9.55 Å². The van der Waals surface area contributed by atoms with E-state index in [1.165, 1.54) is 54.6 Å². The molecule has 4 nitrogen and oxygen atoms in total. The first-order chi connectivity index (χ1) is 14.2. The molecule has 2 unspecified atom stereocenters. The summed E-state index contributed by atoms with van der Waals surface area (Å²) in [6.45, 7) is 0. The van der Waals surface area contributed by atoms with Crippen LogP contribution in [0.15, 0.2) is 72.8 Å². The predicted molar refractivity (Wildman–Crippen MR) is 106 cm³/mol. The first kappa shape index (κ1) is 20.2. The number of nitrogens with zero attached hydrogens (tertiary/aromatic N) is 2. The molecule has 2 atom stereocenters. The monoisotopic (exact) mass is 435 g/mol. The number of benzene rings is 2. The van der Waals surface area contributed by atoms with Crippen molar-refractivity contribution < 1.29 is 22.4 Å². The van der Waals surface area contributed by atoms with E-state index >= 15 is 0 Å². The standard InChI is InChI=1S/C21H14ClF4N3O/c22-20(23)12-4-3-5-15(20)18(30)27-13-8-10-14(11-9-13)29-17-7-2-1-6-16(17)28-19(29)21(24,25)26/h1-12,15H,(H,27,30). The Morgan fingerprint density at radius 3 is 2.47 bits per heavy atom. The van der Waals surface area contributed by atoms with Gasteiger partial charge in [-0.05, 0) is 42.5 Å². The molecular weight excluding hydrogens is 422 g/mol. The summed E-state index contributed by atoms with van der Waals surface area (Å²) in [6, 6.07) is 12.0. The second-order valence-corrected chi connectivity index (χ2v) is 7.27. The minimum absolute atomic E-state index is 0.209. The van der Waals surface area contributed by atoms with E-state index in [0.717, 1.165) is 10.6 Å². The molecule has 1 aliphatic rings. The molecule has 154 valence electrons. The van der Waals surface area contributed by atoms with Gasteiger partial charge in [-0.15, -0.1) is 0 Å². The van der Waals surface area contributed by atoms with E-state index in [-0.39, 0.29) is 16.9 Å². The fourth-order valence-corrected chi connectivity index (χ4v) is 3.49. The number of allylic oxidation sites excluding steroid dienone is 3. The van der Waals surface area contributed by atoms with Crippen LogP contribution in [0, 0.1) is 5.92 Å². The van der Waals surface area contributed by atoms with Crippen molar-refractivity contribution in [2.75, 3.05) is 5.32 Å². The molecule has 1 aromatic heterocycles. The van der Waals surface area contributed by atoms with Crippen molar-refractivity contribution in [2.24, 2.45) is 5.92 Å². The molecule has 0 aliphatic heterocycles. The van der Waals surface area contributed by atoms with Crippen LogP contribution in [-0.2, 0) is 11.0 Å². The molecule has 1 aliphatic carbocycles. The van der Waals surface area contributed by atoms with Gasteiger partial charge < -0.3 is 5.32 Å². The molecule has 4 rings (SSSR count). The quantitative estimate of drug-likeness (QED) is 0.428. The van der Waals surface area contributed by atoms with Crippen LogP contribution in [0.4, 0.5) is 23.2 Å². The molecule has 2 aromatic carbocycles. The summed E-state index contributed by atoms with van der Waals surface area (Å²) in [5, 5.41) is 0.175. The Balaban J connectivity index is 1.64. The molecule has 1 heterocycles. The van der Waals surface area contributed by atoms with Crippen molar-refractivity contribution in [3.05, 3.63) is 78.7 Å². The van der Waals surface area contributed by atoms with Crippen LogP contribution in [0.1, 0.15) is 5.82 Å². The highest BCUT2D eigenvalue weighted by Crippen LogP contribution is 2.35. The van der Waals surface area contributed by atoms with Gasteiger partial charge >= 0.3 is 6.18 Å². The maximum absolute atomic E-state index is 14.3. The lowest BCUT2D eigenvalue weighted by molar-refractivity contribution is -0.145. The Hall–Kier alpha value is -3.13. The van der Waals surface area contributed by atoms with E-state index < -0.39 is 29.0 Å². The summed E-state index contributed by atoms with van der Waals surface area (Å²) in [5.41, 5.74) is 1.01. The van der Waals surface area contributed by atoms with Crippen LogP contribution in [0.5, 0.6) is 0 Å². The van der Waals surface area contributed by atoms with Crippen molar-refractivity contribution in [2.45, 2.75) is 11.3 Å². The number of carbonyl (C=O) groups is 1. The number of imidazole rings is 1. The first-order valence-electron chi connectivity index (χ1n) is 8.87. The lowest BCUT2D eigenvalue weighted by Crippen LogP contribution is -2.35. The number of fused-ring (bicyclic) bond motifs is 1. The van der Waals surface area contributed by atoms with E-state index in [2.05, 4.69) is 10.3 Å². The highest BCUT2D eigenvalue weighted by molar-refractivity contribution is 6.26. The number of nitrogens with one attached hydrogen (secondary N) is 1. The summed E-state index contributed by atoms with van der Waals surface area (Å²) in [4.78, 5) is 16.1. The van der Waals surface area contributed by atoms with Gasteiger partial charge in [0.25, 0.3) is 0 Å². The van der Waals surface area contributed by atoms with Gasteiger partial charge in [0.15, 0.2) is 0 Å². The fraction of sp³-hybridized carbons (Fsp3) is 0.143. The maximum atomic E-state index is 14.3. The molecule has 0 fully saturated rings. The first-order valence-corrected chi connectivity index (χ1v) is 9.24. The minimum atomic E-state index is -4.66. The number of amides is 1. The SMILES string of the molecule is O=C(Nc1ccc(-n2c(C(F)(F)F)nc3ccccc32)cc1)C1C=CC=CC1(F)Cl. The number of hydrogen-bond acceptors (Lipinski definition) is 2. The van der Waals surface area contributed by atoms with Crippen LogP contribution in [-0.4, -0.2) is 20.6 Å². The average Bonchev–Trinajstić information content (AvgIpc) is 3.08. The zero-order valence-electron chi connectivity index (χ0n) is 15.2. The van der Waals surface area contributed by atoms with E-state index in [1.54, 1.807) is 12.1 Å². The van der Waals surface area contributed by atoms with Gasteiger partial charge in [-0.3, -0.25) is 9.36 Å². The molecule has 0 saturated heterocycles. The van der Waals surface area contributed by atoms with Crippen molar-refractivity contribution in [3.8, 4) is 5.69 Å². The smallest absolute Gasteiger partial charge is 0.325 e. The molecule has 9 heteroatoms. The molecule has 30 heavy (non-hydrogen) atoms. The summed E-state index contributed by atoms with van der Waals surface area (Å²) in [5.74, 6) is -2.97. The molecule has 1 N–H and O–H groups in total. The molecule has 0 radical (unpaired) electrons. The number of anilines is 1. The Labute approximate surface area is 173 Å². The third-order valence-corrected chi connectivity index (χ3v) is 5.00. The Bertz CT molecular complexity index is 1160. The van der Waals surface area contributed by atoms with Gasteiger partial charge in [0.1, 0.15) is 5.92 Å². The second kappa shape index (κ2) is 7.28. The second-order valence-electron chi connectivity index (χ2n) is 6.69. The number of aromatic nitrogens is 2. The number of alkyl halides is 5. The molecule has 3 aromatic rings. The molecular formula is C21H14ClF4N3O. The number of carbonyl (C=O) groups excluding carboxylic acids is 1. The molecule has 0 saturated carbocycles. The highest BCUT2D eigenvalue weighted by atomic mass is 35.5. The zero-order chi connectivity index (χ0) is 21.5. The maximum Gasteiger partial charge on any atom is 0.450 e. The Kier molecular flexibility index (Phi) is 4.89. The van der Waals surface area contributed by atoms with Crippen molar-refractivity contribution in [1.29, 1.82) is 0 Å².